The maximum Gasteiger partial charge on any atom is 0.331 e. The van der Waals surface area contributed by atoms with Crippen LogP contribution in [0.3, 0.4) is 0 Å². The van der Waals surface area contributed by atoms with Crippen LogP contribution in [0.5, 0.6) is 0 Å². The van der Waals surface area contributed by atoms with Crippen molar-refractivity contribution in [2.45, 2.75) is 6.04 Å². The highest BCUT2D eigenvalue weighted by atomic mass is 32.1. The summed E-state index contributed by atoms with van der Waals surface area (Å²) < 4.78 is 0. The normalized spacial score (nSPS) is 11.5. The number of rotatable bonds is 6. The third kappa shape index (κ3) is 3.44. The molecule has 0 aromatic heterocycles. The number of para-hydroxylation sites is 2. The minimum Gasteiger partial charge on any atom is -0.479 e. The van der Waals surface area contributed by atoms with E-state index in [9.17, 15) is 20.0 Å². The summed E-state index contributed by atoms with van der Waals surface area (Å²) in [5, 5.41) is 23.0. The molecule has 6 nitrogen and oxygen atoms in total. The highest BCUT2D eigenvalue weighted by molar-refractivity contribution is 7.81. The van der Waals surface area contributed by atoms with E-state index in [1.165, 1.54) is 18.2 Å². The Morgan fingerprint density at radius 2 is 1.73 bits per heavy atom. The number of nitro benzene ring substituents is 1. The number of thiocarbonyl (C=S) groups is 1. The lowest BCUT2D eigenvalue weighted by molar-refractivity contribution is -0.384. The zero-order valence-corrected chi connectivity index (χ0v) is 12.1. The highest BCUT2D eigenvalue weighted by Gasteiger charge is 2.26. The number of hydrogen-bond donors (Lipinski definition) is 2. The predicted molar refractivity (Wildman–Crippen MR) is 86.3 cm³/mol. The van der Waals surface area contributed by atoms with E-state index in [-0.39, 0.29) is 16.2 Å². The molecule has 0 saturated carbocycles. The number of aliphatic carboxylic acids is 1. The van der Waals surface area contributed by atoms with Gasteiger partial charge in [0.2, 0.25) is 0 Å². The van der Waals surface area contributed by atoms with Gasteiger partial charge in [-0.25, -0.2) is 4.79 Å². The second-order valence-corrected chi connectivity index (χ2v) is 4.86. The molecule has 0 radical (unpaired) electrons. The van der Waals surface area contributed by atoms with E-state index in [1.54, 1.807) is 36.4 Å². The molecule has 0 fully saturated rings. The first kappa shape index (κ1) is 15.6. The Morgan fingerprint density at radius 3 is 2.32 bits per heavy atom. The lowest BCUT2D eigenvalue weighted by Crippen LogP contribution is -2.37. The van der Waals surface area contributed by atoms with Crippen molar-refractivity contribution in [3.05, 3.63) is 70.3 Å². The molecule has 0 unspecified atom stereocenters. The monoisotopic (exact) mass is 316 g/mol. The summed E-state index contributed by atoms with van der Waals surface area (Å²) in [6.45, 7) is 0. The molecular weight excluding hydrogens is 304 g/mol. The van der Waals surface area contributed by atoms with Gasteiger partial charge in [0.05, 0.1) is 9.79 Å². The molecule has 112 valence electrons. The third-order valence-corrected chi connectivity index (χ3v) is 3.44. The number of carbonyl (C=O) groups is 1. The summed E-state index contributed by atoms with van der Waals surface area (Å²) in [5.41, 5.74) is 0.485. The first-order valence-corrected chi connectivity index (χ1v) is 6.73. The SMILES string of the molecule is O=C(O)[C@@H](Nc1ccccc1[N+](=O)[O-])C(=S)c1ccccc1. The van der Waals surface area contributed by atoms with Crippen LogP contribution in [0.4, 0.5) is 11.4 Å². The Balaban J connectivity index is 2.33. The molecule has 1 atom stereocenters. The summed E-state index contributed by atoms with van der Waals surface area (Å²) in [6, 6.07) is 13.3. The second-order valence-electron chi connectivity index (χ2n) is 4.42. The van der Waals surface area contributed by atoms with Crippen molar-refractivity contribution in [1.29, 1.82) is 0 Å². The Bertz CT molecular complexity index is 718. The van der Waals surface area contributed by atoms with Crippen LogP contribution in [0, 0.1) is 10.1 Å². The number of nitro groups is 1. The van der Waals surface area contributed by atoms with Gasteiger partial charge >= 0.3 is 5.97 Å². The van der Waals surface area contributed by atoms with Gasteiger partial charge in [-0.15, -0.1) is 0 Å². The zero-order chi connectivity index (χ0) is 16.1. The maximum absolute atomic E-state index is 11.5. The van der Waals surface area contributed by atoms with Crippen molar-refractivity contribution < 1.29 is 14.8 Å². The van der Waals surface area contributed by atoms with Crippen LogP contribution < -0.4 is 5.32 Å². The molecule has 2 N–H and O–H groups in total. The van der Waals surface area contributed by atoms with Gasteiger partial charge in [0, 0.05) is 6.07 Å². The molecule has 0 aliphatic carbocycles. The van der Waals surface area contributed by atoms with Crippen molar-refractivity contribution >= 4 is 34.4 Å². The van der Waals surface area contributed by atoms with Gasteiger partial charge < -0.3 is 10.4 Å². The average Bonchev–Trinajstić information content (AvgIpc) is 2.52. The Hall–Kier alpha value is -2.80. The second kappa shape index (κ2) is 6.77. The average molecular weight is 316 g/mol. The molecule has 0 heterocycles. The number of carboxylic acid groups (broad SMARTS) is 1. The molecule has 0 saturated heterocycles. The van der Waals surface area contributed by atoms with Gasteiger partial charge in [0.15, 0.2) is 6.04 Å². The highest BCUT2D eigenvalue weighted by Crippen LogP contribution is 2.24. The molecule has 2 aromatic carbocycles. The lowest BCUT2D eigenvalue weighted by atomic mass is 10.1. The minimum atomic E-state index is -1.24. The summed E-state index contributed by atoms with van der Waals surface area (Å²) in [5.74, 6) is -1.20. The largest absolute Gasteiger partial charge is 0.479 e. The molecule has 2 rings (SSSR count). The molecule has 0 aliphatic heterocycles. The van der Waals surface area contributed by atoms with E-state index in [0.717, 1.165) is 0 Å². The van der Waals surface area contributed by atoms with Crippen LogP contribution in [0.2, 0.25) is 0 Å². The van der Waals surface area contributed by atoms with Gasteiger partial charge in [-0.3, -0.25) is 10.1 Å². The maximum atomic E-state index is 11.5. The van der Waals surface area contributed by atoms with Gasteiger partial charge in [-0.2, -0.15) is 0 Å². The fourth-order valence-electron chi connectivity index (χ4n) is 1.92. The number of hydrogen-bond acceptors (Lipinski definition) is 5. The number of carboxylic acids is 1. The lowest BCUT2D eigenvalue weighted by Gasteiger charge is -2.17. The van der Waals surface area contributed by atoms with E-state index in [1.807, 2.05) is 0 Å². The van der Waals surface area contributed by atoms with E-state index >= 15 is 0 Å². The molecule has 0 amide bonds. The topological polar surface area (TPSA) is 92.5 Å². The van der Waals surface area contributed by atoms with Gasteiger partial charge in [0.25, 0.3) is 5.69 Å². The molecule has 0 spiro atoms. The first-order valence-electron chi connectivity index (χ1n) is 6.32. The standard InChI is InChI=1S/C15H12N2O4S/c18-15(19)13(14(22)10-6-2-1-3-7-10)16-11-8-4-5-9-12(11)17(20)21/h1-9,13,16H,(H,18,19)/t13-/m0/s1. The van der Waals surface area contributed by atoms with Crippen LogP contribution in [-0.4, -0.2) is 26.9 Å². The van der Waals surface area contributed by atoms with Crippen molar-refractivity contribution in [3.8, 4) is 0 Å². The summed E-state index contributed by atoms with van der Waals surface area (Å²) in [7, 11) is 0. The zero-order valence-electron chi connectivity index (χ0n) is 11.3. The first-order chi connectivity index (χ1) is 10.5. The van der Waals surface area contributed by atoms with Gasteiger partial charge in [-0.05, 0) is 11.6 Å². The Kier molecular flexibility index (Phi) is 4.80. The minimum absolute atomic E-state index is 0.109. The van der Waals surface area contributed by atoms with Gasteiger partial charge in [-0.1, -0.05) is 54.7 Å². The summed E-state index contributed by atoms with van der Waals surface area (Å²) in [4.78, 5) is 22.1. The fourth-order valence-corrected chi connectivity index (χ4v) is 2.21. The third-order valence-electron chi connectivity index (χ3n) is 2.97. The van der Waals surface area contributed by atoms with Crippen LogP contribution >= 0.6 is 12.2 Å². The van der Waals surface area contributed by atoms with Crippen molar-refractivity contribution in [2.75, 3.05) is 5.32 Å². The molecule has 22 heavy (non-hydrogen) atoms. The number of benzene rings is 2. The molecule has 2 aromatic rings. The van der Waals surface area contributed by atoms with Crippen molar-refractivity contribution in [1.82, 2.24) is 0 Å². The van der Waals surface area contributed by atoms with E-state index in [0.29, 0.717) is 5.56 Å². The Morgan fingerprint density at radius 1 is 1.14 bits per heavy atom. The fraction of sp³-hybridized carbons (Fsp3) is 0.0667. The quantitative estimate of drug-likeness (QED) is 0.368. The number of nitrogens with zero attached hydrogens (tertiary/aromatic N) is 1. The number of anilines is 1. The van der Waals surface area contributed by atoms with E-state index in [2.05, 4.69) is 5.32 Å². The van der Waals surface area contributed by atoms with Crippen molar-refractivity contribution in [3.63, 3.8) is 0 Å². The molecule has 0 bridgehead atoms. The van der Waals surface area contributed by atoms with Crippen molar-refractivity contribution in [2.24, 2.45) is 0 Å². The van der Waals surface area contributed by atoms with E-state index < -0.39 is 16.9 Å². The van der Waals surface area contributed by atoms with Crippen LogP contribution in [-0.2, 0) is 4.79 Å². The summed E-state index contributed by atoms with van der Waals surface area (Å²) in [6.07, 6.45) is 0. The number of nitrogens with one attached hydrogen (secondary N) is 1. The molecule has 7 heteroatoms. The van der Waals surface area contributed by atoms with E-state index in [4.69, 9.17) is 12.2 Å². The van der Waals surface area contributed by atoms with Gasteiger partial charge in [0.1, 0.15) is 5.69 Å². The van der Waals surface area contributed by atoms with Crippen LogP contribution in [0.25, 0.3) is 0 Å². The molecule has 0 aliphatic rings. The predicted octanol–water partition coefficient (Wildman–Crippen LogP) is 2.88. The van der Waals surface area contributed by atoms with Crippen LogP contribution in [0.15, 0.2) is 54.6 Å². The van der Waals surface area contributed by atoms with Crippen LogP contribution in [0.1, 0.15) is 5.56 Å². The Labute approximate surface area is 131 Å². The summed E-state index contributed by atoms with van der Waals surface area (Å²) >= 11 is 5.21. The smallest absolute Gasteiger partial charge is 0.331 e. The molecular formula is C15H12N2O4S.